The van der Waals surface area contributed by atoms with E-state index >= 15 is 0 Å². The largest absolute Gasteiger partial charge is 0.492 e. The van der Waals surface area contributed by atoms with Crippen molar-refractivity contribution < 1.29 is 17.9 Å². The van der Waals surface area contributed by atoms with Crippen LogP contribution in [0.15, 0.2) is 71.6 Å². The minimum atomic E-state index is -4.16. The molecule has 3 aromatic carbocycles. The summed E-state index contributed by atoms with van der Waals surface area (Å²) in [5, 5.41) is 1.54. The fraction of sp³-hybridized carbons (Fsp3) is 0.160. The number of benzene rings is 3. The number of carbonyl (C=O) groups is 1. The highest BCUT2D eigenvalue weighted by atomic mass is 35.5. The van der Waals surface area contributed by atoms with Crippen molar-refractivity contribution in [1.29, 1.82) is 0 Å². The van der Waals surface area contributed by atoms with Crippen LogP contribution in [-0.2, 0) is 16.6 Å². The number of carbonyl (C=O) groups excluding carboxylic acids is 1. The van der Waals surface area contributed by atoms with Gasteiger partial charge in [0.05, 0.1) is 11.6 Å². The molecule has 0 spiro atoms. The molecule has 0 bridgehead atoms. The Bertz CT molecular complexity index is 1470. The molecule has 9 heteroatoms. The SMILES string of the molecule is Cc1cc(OCCn2c(C(=O)NS(=O)(=O)c3ccccc3Cl)cc3ccccc32)cc(C)c1Cl. The molecule has 0 aliphatic carbocycles. The summed E-state index contributed by atoms with van der Waals surface area (Å²) in [4.78, 5) is 12.9. The van der Waals surface area contributed by atoms with Crippen molar-refractivity contribution in [2.75, 3.05) is 6.61 Å². The number of para-hydroxylation sites is 1. The lowest BCUT2D eigenvalue weighted by Crippen LogP contribution is -2.32. The molecular formula is C25H22Cl2N2O4S. The van der Waals surface area contributed by atoms with Gasteiger partial charge in [-0.1, -0.05) is 53.5 Å². The highest BCUT2D eigenvalue weighted by Crippen LogP contribution is 2.27. The quantitative estimate of drug-likeness (QED) is 0.338. The number of rotatable bonds is 7. The predicted molar refractivity (Wildman–Crippen MR) is 134 cm³/mol. The lowest BCUT2D eigenvalue weighted by molar-refractivity contribution is 0.0972. The molecule has 0 radical (unpaired) electrons. The van der Waals surface area contributed by atoms with Crippen LogP contribution >= 0.6 is 23.2 Å². The van der Waals surface area contributed by atoms with Gasteiger partial charge in [-0.2, -0.15) is 0 Å². The molecule has 0 saturated carbocycles. The third kappa shape index (κ3) is 4.92. The zero-order valence-corrected chi connectivity index (χ0v) is 20.8. The Morgan fingerprint density at radius 2 is 1.62 bits per heavy atom. The molecule has 0 aliphatic heterocycles. The van der Waals surface area contributed by atoms with E-state index < -0.39 is 15.9 Å². The first-order chi connectivity index (χ1) is 16.2. The van der Waals surface area contributed by atoms with E-state index in [1.165, 1.54) is 12.1 Å². The molecule has 1 aromatic heterocycles. The first-order valence-corrected chi connectivity index (χ1v) is 12.7. The average Bonchev–Trinajstić information content (AvgIpc) is 3.16. The van der Waals surface area contributed by atoms with Crippen LogP contribution in [0.25, 0.3) is 10.9 Å². The molecule has 0 unspecified atom stereocenters. The fourth-order valence-corrected chi connectivity index (χ4v) is 5.37. The van der Waals surface area contributed by atoms with Crippen LogP contribution in [-0.4, -0.2) is 25.5 Å². The highest BCUT2D eigenvalue weighted by molar-refractivity contribution is 7.90. The van der Waals surface area contributed by atoms with E-state index in [1.54, 1.807) is 22.8 Å². The first kappa shape index (κ1) is 24.1. The average molecular weight is 517 g/mol. The topological polar surface area (TPSA) is 77.4 Å². The maximum absolute atomic E-state index is 13.1. The number of aryl methyl sites for hydroxylation is 2. The third-order valence-electron chi connectivity index (χ3n) is 5.39. The molecule has 4 rings (SSSR count). The van der Waals surface area contributed by atoms with Crippen LogP contribution in [0.1, 0.15) is 21.6 Å². The van der Waals surface area contributed by atoms with Crippen LogP contribution in [0.4, 0.5) is 0 Å². The molecule has 1 amide bonds. The molecule has 34 heavy (non-hydrogen) atoms. The number of fused-ring (bicyclic) bond motifs is 1. The van der Waals surface area contributed by atoms with E-state index in [1.807, 2.05) is 50.2 Å². The number of nitrogens with zero attached hydrogens (tertiary/aromatic N) is 1. The second-order valence-electron chi connectivity index (χ2n) is 7.82. The first-order valence-electron chi connectivity index (χ1n) is 10.5. The van der Waals surface area contributed by atoms with Crippen molar-refractivity contribution >= 4 is 50.0 Å². The van der Waals surface area contributed by atoms with Gasteiger partial charge in [0.2, 0.25) is 0 Å². The summed E-state index contributed by atoms with van der Waals surface area (Å²) >= 11 is 12.3. The molecule has 6 nitrogen and oxygen atoms in total. The normalized spacial score (nSPS) is 11.5. The maximum Gasteiger partial charge on any atom is 0.281 e. The summed E-state index contributed by atoms with van der Waals surface area (Å²) in [5.41, 5.74) is 2.81. The summed E-state index contributed by atoms with van der Waals surface area (Å²) in [6.07, 6.45) is 0. The van der Waals surface area contributed by atoms with E-state index in [2.05, 4.69) is 4.72 Å². The van der Waals surface area contributed by atoms with Crippen molar-refractivity contribution in [2.45, 2.75) is 25.3 Å². The van der Waals surface area contributed by atoms with Gasteiger partial charge in [-0.15, -0.1) is 0 Å². The standard InChI is InChI=1S/C25H22Cl2N2O4S/c1-16-13-19(14-17(2)24(16)27)33-12-11-29-21-9-5-3-7-18(21)15-22(29)25(30)28-34(31,32)23-10-6-4-8-20(23)26/h3-10,13-15H,11-12H2,1-2H3,(H,28,30). The van der Waals surface area contributed by atoms with Gasteiger partial charge in [-0.05, 0) is 61.4 Å². The number of aromatic nitrogens is 1. The third-order valence-corrected chi connectivity index (χ3v) is 7.82. The van der Waals surface area contributed by atoms with Crippen LogP contribution in [0.3, 0.4) is 0 Å². The molecule has 1 N–H and O–H groups in total. The van der Waals surface area contributed by atoms with Gasteiger partial charge < -0.3 is 9.30 Å². The summed E-state index contributed by atoms with van der Waals surface area (Å²) in [5.74, 6) is -0.0857. The monoisotopic (exact) mass is 516 g/mol. The number of amides is 1. The Morgan fingerprint density at radius 1 is 0.971 bits per heavy atom. The fourth-order valence-electron chi connectivity index (χ4n) is 3.78. The van der Waals surface area contributed by atoms with Crippen molar-refractivity contribution in [1.82, 2.24) is 9.29 Å². The lowest BCUT2D eigenvalue weighted by Gasteiger charge is -2.14. The zero-order chi connectivity index (χ0) is 24.5. The molecule has 1 heterocycles. The Morgan fingerprint density at radius 3 is 2.32 bits per heavy atom. The minimum Gasteiger partial charge on any atom is -0.492 e. The Labute approximate surface area is 208 Å². The Balaban J connectivity index is 1.60. The second kappa shape index (κ2) is 9.70. The van der Waals surface area contributed by atoms with E-state index in [4.69, 9.17) is 27.9 Å². The molecule has 0 fully saturated rings. The van der Waals surface area contributed by atoms with Gasteiger partial charge in [-0.25, -0.2) is 13.1 Å². The second-order valence-corrected chi connectivity index (χ2v) is 10.3. The van der Waals surface area contributed by atoms with Crippen LogP contribution in [0.2, 0.25) is 10.0 Å². The molecule has 0 saturated heterocycles. The molecular weight excluding hydrogens is 495 g/mol. The lowest BCUT2D eigenvalue weighted by atomic mass is 10.1. The molecule has 0 atom stereocenters. The number of hydrogen-bond acceptors (Lipinski definition) is 4. The van der Waals surface area contributed by atoms with Gasteiger partial charge in [-0.3, -0.25) is 4.79 Å². The summed E-state index contributed by atoms with van der Waals surface area (Å²) in [6, 6.07) is 18.8. The Hall–Kier alpha value is -3.00. The van der Waals surface area contributed by atoms with Crippen molar-refractivity contribution in [3.05, 3.63) is 93.6 Å². The van der Waals surface area contributed by atoms with E-state index in [0.29, 0.717) is 17.3 Å². The number of ether oxygens (including phenoxy) is 1. The highest BCUT2D eigenvalue weighted by Gasteiger charge is 2.24. The van der Waals surface area contributed by atoms with E-state index in [-0.39, 0.29) is 22.2 Å². The van der Waals surface area contributed by atoms with Crippen molar-refractivity contribution in [3.8, 4) is 5.75 Å². The number of hydrogen-bond donors (Lipinski definition) is 1. The van der Waals surface area contributed by atoms with Gasteiger partial charge in [0.1, 0.15) is 22.9 Å². The van der Waals surface area contributed by atoms with Crippen LogP contribution in [0.5, 0.6) is 5.75 Å². The number of sulfonamides is 1. The molecule has 176 valence electrons. The van der Waals surface area contributed by atoms with Crippen LogP contribution < -0.4 is 9.46 Å². The van der Waals surface area contributed by atoms with Crippen LogP contribution in [0, 0.1) is 13.8 Å². The van der Waals surface area contributed by atoms with Gasteiger partial charge in [0, 0.05) is 15.9 Å². The smallest absolute Gasteiger partial charge is 0.281 e. The Kier molecular flexibility index (Phi) is 6.89. The zero-order valence-electron chi connectivity index (χ0n) is 18.5. The van der Waals surface area contributed by atoms with Crippen molar-refractivity contribution in [3.63, 3.8) is 0 Å². The van der Waals surface area contributed by atoms with E-state index in [0.717, 1.165) is 22.0 Å². The van der Waals surface area contributed by atoms with E-state index in [9.17, 15) is 13.2 Å². The number of nitrogens with one attached hydrogen (secondary N) is 1. The maximum atomic E-state index is 13.1. The summed E-state index contributed by atoms with van der Waals surface area (Å²) in [7, 11) is -4.16. The summed E-state index contributed by atoms with van der Waals surface area (Å²) in [6.45, 7) is 4.40. The molecule has 4 aromatic rings. The summed E-state index contributed by atoms with van der Waals surface area (Å²) < 4.78 is 35.4. The molecule has 0 aliphatic rings. The van der Waals surface area contributed by atoms with Gasteiger partial charge in [0.25, 0.3) is 15.9 Å². The number of halogens is 2. The van der Waals surface area contributed by atoms with Gasteiger partial charge in [0.15, 0.2) is 0 Å². The predicted octanol–water partition coefficient (Wildman–Crippen LogP) is 5.76. The van der Waals surface area contributed by atoms with Gasteiger partial charge >= 0.3 is 0 Å². The van der Waals surface area contributed by atoms with Crippen molar-refractivity contribution in [2.24, 2.45) is 0 Å². The minimum absolute atomic E-state index is 0.0327.